The molecule has 1 unspecified atom stereocenters. The van der Waals surface area contributed by atoms with Crippen LogP contribution in [0.4, 0.5) is 0 Å². The highest BCUT2D eigenvalue weighted by molar-refractivity contribution is 6.00. The van der Waals surface area contributed by atoms with Gasteiger partial charge in [-0.15, -0.1) is 0 Å². The third-order valence-electron chi connectivity index (χ3n) is 2.98. The Bertz CT molecular complexity index is 292. The van der Waals surface area contributed by atoms with E-state index in [1.54, 1.807) is 13.0 Å². The van der Waals surface area contributed by atoms with E-state index in [9.17, 15) is 9.59 Å². The number of allylic oxidation sites excluding steroid dienone is 1. The minimum absolute atomic E-state index is 0.111. The predicted octanol–water partition coefficient (Wildman–Crippen LogP) is 2.65. The molecule has 3 heteroatoms. The lowest BCUT2D eigenvalue weighted by molar-refractivity contribution is -0.147. The van der Waals surface area contributed by atoms with Gasteiger partial charge in [0.05, 0.1) is 12.5 Å². The summed E-state index contributed by atoms with van der Waals surface area (Å²) in [4.78, 5) is 23.6. The van der Waals surface area contributed by atoms with Crippen molar-refractivity contribution in [1.82, 2.24) is 0 Å². The predicted molar refractivity (Wildman–Crippen MR) is 62.0 cm³/mol. The SMILES string of the molecule is C/C=C1/C(=O)CCCCCC1C(=O)OCC. The first-order valence-corrected chi connectivity index (χ1v) is 6.06. The summed E-state index contributed by atoms with van der Waals surface area (Å²) < 4.78 is 5.03. The maximum Gasteiger partial charge on any atom is 0.313 e. The van der Waals surface area contributed by atoms with Crippen LogP contribution < -0.4 is 0 Å². The highest BCUT2D eigenvalue weighted by Crippen LogP contribution is 2.26. The van der Waals surface area contributed by atoms with E-state index >= 15 is 0 Å². The van der Waals surface area contributed by atoms with Crippen LogP contribution >= 0.6 is 0 Å². The van der Waals surface area contributed by atoms with Crippen LogP contribution in [0.15, 0.2) is 11.6 Å². The average molecular weight is 224 g/mol. The van der Waals surface area contributed by atoms with Gasteiger partial charge in [0.2, 0.25) is 0 Å². The third kappa shape index (κ3) is 3.19. The normalized spacial score (nSPS) is 25.0. The summed E-state index contributed by atoms with van der Waals surface area (Å²) in [5.74, 6) is -0.469. The van der Waals surface area contributed by atoms with Gasteiger partial charge < -0.3 is 4.74 Å². The largest absolute Gasteiger partial charge is 0.466 e. The molecule has 3 nitrogen and oxygen atoms in total. The van der Waals surface area contributed by atoms with E-state index in [0.717, 1.165) is 25.7 Å². The highest BCUT2D eigenvalue weighted by atomic mass is 16.5. The highest BCUT2D eigenvalue weighted by Gasteiger charge is 2.28. The molecule has 0 saturated heterocycles. The Hall–Kier alpha value is -1.12. The molecule has 1 fully saturated rings. The van der Waals surface area contributed by atoms with Gasteiger partial charge in [-0.25, -0.2) is 0 Å². The fraction of sp³-hybridized carbons (Fsp3) is 0.692. The third-order valence-corrected chi connectivity index (χ3v) is 2.98. The topological polar surface area (TPSA) is 43.4 Å². The van der Waals surface area contributed by atoms with Gasteiger partial charge in [-0.05, 0) is 26.7 Å². The van der Waals surface area contributed by atoms with Gasteiger partial charge in [0.1, 0.15) is 0 Å². The molecule has 1 rings (SSSR count). The van der Waals surface area contributed by atoms with Crippen molar-refractivity contribution in [3.63, 3.8) is 0 Å². The molecule has 0 amide bonds. The molecule has 0 bridgehead atoms. The van der Waals surface area contributed by atoms with Crippen LogP contribution in [0.5, 0.6) is 0 Å². The Morgan fingerprint density at radius 1 is 1.44 bits per heavy atom. The number of rotatable bonds is 2. The molecule has 0 aromatic rings. The van der Waals surface area contributed by atoms with Gasteiger partial charge in [0, 0.05) is 12.0 Å². The van der Waals surface area contributed by atoms with Crippen molar-refractivity contribution in [2.45, 2.75) is 46.0 Å². The molecule has 0 aromatic heterocycles. The van der Waals surface area contributed by atoms with Crippen LogP contribution in [0.2, 0.25) is 0 Å². The summed E-state index contributed by atoms with van der Waals surface area (Å²) in [7, 11) is 0. The van der Waals surface area contributed by atoms with Crippen molar-refractivity contribution in [2.75, 3.05) is 6.61 Å². The van der Waals surface area contributed by atoms with E-state index in [1.807, 2.05) is 6.92 Å². The molecule has 1 aliphatic rings. The quantitative estimate of drug-likeness (QED) is 0.535. The maximum atomic E-state index is 11.8. The lowest BCUT2D eigenvalue weighted by Crippen LogP contribution is -2.25. The number of ketones is 1. The Labute approximate surface area is 96.9 Å². The number of Topliss-reactive ketones (excluding diaryl/α,β-unsaturated/α-hetero) is 1. The molecule has 16 heavy (non-hydrogen) atoms. The molecule has 0 aliphatic heterocycles. The van der Waals surface area contributed by atoms with Gasteiger partial charge in [-0.2, -0.15) is 0 Å². The maximum absolute atomic E-state index is 11.8. The standard InChI is InChI=1S/C13H20O3/c1-3-10-11(13(15)16-4-2)8-6-5-7-9-12(10)14/h3,11H,4-9H2,1-2H3/b10-3+. The molecule has 0 spiro atoms. The van der Waals surface area contributed by atoms with Crippen LogP contribution in [0.1, 0.15) is 46.0 Å². The molecule has 0 heterocycles. The van der Waals surface area contributed by atoms with Crippen LogP contribution in [0.3, 0.4) is 0 Å². The van der Waals surface area contributed by atoms with Crippen LogP contribution in [-0.2, 0) is 14.3 Å². The molecular formula is C13H20O3. The molecule has 0 aromatic carbocycles. The first-order chi connectivity index (χ1) is 7.70. The van der Waals surface area contributed by atoms with E-state index < -0.39 is 0 Å². The molecule has 0 N–H and O–H groups in total. The van der Waals surface area contributed by atoms with Crippen molar-refractivity contribution in [1.29, 1.82) is 0 Å². The van der Waals surface area contributed by atoms with Gasteiger partial charge in [-0.1, -0.05) is 18.9 Å². The molecule has 1 saturated carbocycles. The lowest BCUT2D eigenvalue weighted by Gasteiger charge is -2.20. The van der Waals surface area contributed by atoms with Crippen molar-refractivity contribution in [3.05, 3.63) is 11.6 Å². The molecule has 90 valence electrons. The van der Waals surface area contributed by atoms with Gasteiger partial charge in [-0.3, -0.25) is 9.59 Å². The van der Waals surface area contributed by atoms with Crippen molar-refractivity contribution < 1.29 is 14.3 Å². The van der Waals surface area contributed by atoms with E-state index in [1.165, 1.54) is 0 Å². The van der Waals surface area contributed by atoms with Gasteiger partial charge in [0.15, 0.2) is 5.78 Å². The monoisotopic (exact) mass is 224 g/mol. The number of esters is 1. The van der Waals surface area contributed by atoms with Crippen molar-refractivity contribution in [2.24, 2.45) is 5.92 Å². The van der Waals surface area contributed by atoms with E-state index in [0.29, 0.717) is 18.6 Å². The molecular weight excluding hydrogens is 204 g/mol. The molecule has 1 aliphatic carbocycles. The number of ether oxygens (including phenoxy) is 1. The second-order valence-corrected chi connectivity index (χ2v) is 4.07. The summed E-state index contributed by atoms with van der Waals surface area (Å²) in [6.45, 7) is 3.99. The number of hydrogen-bond donors (Lipinski definition) is 0. The fourth-order valence-electron chi connectivity index (χ4n) is 2.15. The second-order valence-electron chi connectivity index (χ2n) is 4.07. The van der Waals surface area contributed by atoms with Crippen molar-refractivity contribution >= 4 is 11.8 Å². The lowest BCUT2D eigenvalue weighted by atomic mass is 9.85. The van der Waals surface area contributed by atoms with Crippen LogP contribution in [-0.4, -0.2) is 18.4 Å². The van der Waals surface area contributed by atoms with Crippen molar-refractivity contribution in [3.8, 4) is 0 Å². The average Bonchev–Trinajstić information content (AvgIpc) is 2.24. The Balaban J connectivity index is 2.82. The fourth-order valence-corrected chi connectivity index (χ4v) is 2.15. The zero-order valence-corrected chi connectivity index (χ0v) is 10.1. The minimum Gasteiger partial charge on any atom is -0.466 e. The van der Waals surface area contributed by atoms with Gasteiger partial charge >= 0.3 is 5.97 Å². The Morgan fingerprint density at radius 2 is 2.19 bits per heavy atom. The second kappa shape index (κ2) is 6.46. The van der Waals surface area contributed by atoms with E-state index in [-0.39, 0.29) is 17.7 Å². The van der Waals surface area contributed by atoms with E-state index in [2.05, 4.69) is 0 Å². The summed E-state index contributed by atoms with van der Waals surface area (Å²) in [5, 5.41) is 0. The van der Waals surface area contributed by atoms with Crippen LogP contribution in [0.25, 0.3) is 0 Å². The molecule has 0 radical (unpaired) electrons. The molecule has 1 atom stereocenters. The van der Waals surface area contributed by atoms with E-state index in [4.69, 9.17) is 4.74 Å². The zero-order valence-electron chi connectivity index (χ0n) is 10.1. The minimum atomic E-state index is -0.335. The summed E-state index contributed by atoms with van der Waals surface area (Å²) in [6, 6.07) is 0. The smallest absolute Gasteiger partial charge is 0.313 e. The summed E-state index contributed by atoms with van der Waals surface area (Å²) in [5.41, 5.74) is 0.651. The summed E-state index contributed by atoms with van der Waals surface area (Å²) >= 11 is 0. The zero-order chi connectivity index (χ0) is 12.0. The number of carbonyl (C=O) groups excluding carboxylic acids is 2. The number of carbonyl (C=O) groups is 2. The summed E-state index contributed by atoms with van der Waals surface area (Å²) in [6.07, 6.45) is 6.04. The van der Waals surface area contributed by atoms with Gasteiger partial charge in [0.25, 0.3) is 0 Å². The van der Waals surface area contributed by atoms with Crippen LogP contribution in [0, 0.1) is 5.92 Å². The number of hydrogen-bond acceptors (Lipinski definition) is 3. The first-order valence-electron chi connectivity index (χ1n) is 6.06. The first kappa shape index (κ1) is 12.9. The Morgan fingerprint density at radius 3 is 2.81 bits per heavy atom. The Kier molecular flexibility index (Phi) is 5.23.